The second-order valence-electron chi connectivity index (χ2n) is 3.18. The summed E-state index contributed by atoms with van der Waals surface area (Å²) >= 11 is 0. The van der Waals surface area contributed by atoms with Crippen molar-refractivity contribution in [3.63, 3.8) is 0 Å². The number of carboxylic acid groups (broad SMARTS) is 1. The average Bonchev–Trinajstić information content (AvgIpc) is 2.12. The molecule has 79 valence electrons. The van der Waals surface area contributed by atoms with Crippen LogP contribution in [0.15, 0.2) is 0 Å². The van der Waals surface area contributed by atoms with Gasteiger partial charge in [0, 0.05) is 6.42 Å². The molecule has 0 rings (SSSR count). The molecule has 0 bridgehead atoms. The normalized spacial score (nSPS) is 14.4. The van der Waals surface area contributed by atoms with Gasteiger partial charge in [0.2, 0.25) is 0 Å². The van der Waals surface area contributed by atoms with Gasteiger partial charge >= 0.3 is 5.97 Å². The third-order valence-corrected chi connectivity index (χ3v) is 1.81. The van der Waals surface area contributed by atoms with Gasteiger partial charge in [-0.05, 0) is 19.8 Å². The number of carboxylic acids is 1. The molecule has 3 nitrogen and oxygen atoms in total. The zero-order valence-corrected chi connectivity index (χ0v) is 8.53. The molecule has 3 heteroatoms. The molecule has 14 heavy (non-hydrogen) atoms. The summed E-state index contributed by atoms with van der Waals surface area (Å²) in [5.74, 6) is 1.59. The molecule has 0 spiro atoms. The SMILES string of the molecule is C#CC(CCC(=O)O)OC(C)CC[CH2]. The summed E-state index contributed by atoms with van der Waals surface area (Å²) in [7, 11) is 0. The molecule has 0 aromatic carbocycles. The van der Waals surface area contributed by atoms with Gasteiger partial charge in [-0.1, -0.05) is 19.3 Å². The molecule has 0 aromatic rings. The van der Waals surface area contributed by atoms with Crippen molar-refractivity contribution in [1.82, 2.24) is 0 Å². The van der Waals surface area contributed by atoms with Gasteiger partial charge in [-0.2, -0.15) is 0 Å². The van der Waals surface area contributed by atoms with Gasteiger partial charge in [-0.25, -0.2) is 0 Å². The van der Waals surface area contributed by atoms with Gasteiger partial charge < -0.3 is 9.84 Å². The van der Waals surface area contributed by atoms with Crippen molar-refractivity contribution in [2.45, 2.75) is 44.8 Å². The number of carbonyl (C=O) groups is 1. The van der Waals surface area contributed by atoms with E-state index >= 15 is 0 Å². The molecule has 0 saturated carbocycles. The molecule has 0 fully saturated rings. The van der Waals surface area contributed by atoms with Crippen LogP contribution in [0.2, 0.25) is 0 Å². The Hall–Kier alpha value is -1.01. The highest BCUT2D eigenvalue weighted by molar-refractivity contribution is 5.66. The predicted octanol–water partition coefficient (Wildman–Crippen LogP) is 1.87. The van der Waals surface area contributed by atoms with Crippen molar-refractivity contribution in [2.75, 3.05) is 0 Å². The second-order valence-corrected chi connectivity index (χ2v) is 3.18. The first-order valence-electron chi connectivity index (χ1n) is 4.72. The van der Waals surface area contributed by atoms with Gasteiger partial charge in [-0.15, -0.1) is 6.42 Å². The van der Waals surface area contributed by atoms with Crippen LogP contribution >= 0.6 is 0 Å². The fourth-order valence-electron chi connectivity index (χ4n) is 1.08. The first-order chi connectivity index (χ1) is 6.60. The van der Waals surface area contributed by atoms with Crippen molar-refractivity contribution >= 4 is 5.97 Å². The van der Waals surface area contributed by atoms with E-state index in [1.807, 2.05) is 6.92 Å². The van der Waals surface area contributed by atoms with Crippen LogP contribution in [-0.4, -0.2) is 23.3 Å². The summed E-state index contributed by atoms with van der Waals surface area (Å²) in [6, 6.07) is 0. The largest absolute Gasteiger partial charge is 0.481 e. The van der Waals surface area contributed by atoms with Crippen molar-refractivity contribution in [3.8, 4) is 12.3 Å². The Balaban J connectivity index is 3.79. The number of ether oxygens (including phenoxy) is 1. The highest BCUT2D eigenvalue weighted by Gasteiger charge is 2.11. The van der Waals surface area contributed by atoms with Gasteiger partial charge in [0.1, 0.15) is 6.10 Å². The fraction of sp³-hybridized carbons (Fsp3) is 0.636. The van der Waals surface area contributed by atoms with E-state index in [0.717, 1.165) is 12.8 Å². The molecule has 0 heterocycles. The third kappa shape index (κ3) is 6.50. The molecule has 1 radical (unpaired) electrons. The van der Waals surface area contributed by atoms with Crippen molar-refractivity contribution in [2.24, 2.45) is 0 Å². The van der Waals surface area contributed by atoms with Crippen molar-refractivity contribution in [3.05, 3.63) is 6.92 Å². The Kier molecular flexibility index (Phi) is 6.87. The van der Waals surface area contributed by atoms with Gasteiger partial charge in [0.15, 0.2) is 0 Å². The van der Waals surface area contributed by atoms with Gasteiger partial charge in [0.05, 0.1) is 6.10 Å². The van der Waals surface area contributed by atoms with Gasteiger partial charge in [0.25, 0.3) is 0 Å². The Morgan fingerprint density at radius 2 is 2.29 bits per heavy atom. The lowest BCUT2D eigenvalue weighted by Gasteiger charge is -2.17. The minimum Gasteiger partial charge on any atom is -0.481 e. The number of rotatable bonds is 7. The molecule has 0 aliphatic heterocycles. The predicted molar refractivity (Wildman–Crippen MR) is 54.6 cm³/mol. The molecular weight excluding hydrogens is 180 g/mol. The average molecular weight is 197 g/mol. The van der Waals surface area contributed by atoms with Crippen LogP contribution in [-0.2, 0) is 9.53 Å². The molecule has 1 N–H and O–H groups in total. The zero-order chi connectivity index (χ0) is 11.0. The summed E-state index contributed by atoms with van der Waals surface area (Å²) in [4.78, 5) is 10.3. The van der Waals surface area contributed by atoms with E-state index in [2.05, 4.69) is 12.8 Å². The lowest BCUT2D eigenvalue weighted by Crippen LogP contribution is -2.19. The molecular formula is C11H17O3. The first kappa shape index (κ1) is 13.0. The highest BCUT2D eigenvalue weighted by Crippen LogP contribution is 2.08. The maximum absolute atomic E-state index is 10.3. The minimum absolute atomic E-state index is 0.0438. The van der Waals surface area contributed by atoms with E-state index in [4.69, 9.17) is 16.3 Å². The number of hydrogen-bond donors (Lipinski definition) is 1. The second kappa shape index (κ2) is 7.40. The zero-order valence-electron chi connectivity index (χ0n) is 8.53. The van der Waals surface area contributed by atoms with E-state index in [9.17, 15) is 4.79 Å². The Labute approximate surface area is 85.5 Å². The minimum atomic E-state index is -0.848. The maximum Gasteiger partial charge on any atom is 0.303 e. The molecule has 0 aromatic heterocycles. The molecule has 0 aliphatic carbocycles. The molecule has 0 saturated heterocycles. The van der Waals surface area contributed by atoms with E-state index in [0.29, 0.717) is 6.42 Å². The van der Waals surface area contributed by atoms with Crippen LogP contribution in [0.1, 0.15) is 32.6 Å². The fourth-order valence-corrected chi connectivity index (χ4v) is 1.08. The van der Waals surface area contributed by atoms with Crippen LogP contribution in [0.5, 0.6) is 0 Å². The summed E-state index contributed by atoms with van der Waals surface area (Å²) in [6.45, 7) is 5.62. The Bertz CT molecular complexity index is 205. The summed E-state index contributed by atoms with van der Waals surface area (Å²) < 4.78 is 5.45. The standard InChI is InChI=1S/C11H17O3/c1-4-6-9(3)14-10(5-2)7-8-11(12)13/h2,9-10H,1,4,6-8H2,3H3,(H,12,13). The molecule has 0 amide bonds. The number of hydrogen-bond acceptors (Lipinski definition) is 2. The Morgan fingerprint density at radius 3 is 2.71 bits per heavy atom. The molecule has 0 aliphatic rings. The van der Waals surface area contributed by atoms with Crippen LogP contribution in [0, 0.1) is 19.3 Å². The van der Waals surface area contributed by atoms with Crippen molar-refractivity contribution < 1.29 is 14.6 Å². The van der Waals surface area contributed by atoms with E-state index < -0.39 is 12.1 Å². The van der Waals surface area contributed by atoms with Crippen LogP contribution in [0.3, 0.4) is 0 Å². The lowest BCUT2D eigenvalue weighted by atomic mass is 10.2. The lowest BCUT2D eigenvalue weighted by molar-refractivity contribution is -0.137. The summed E-state index contributed by atoms with van der Waals surface area (Å²) in [6.07, 6.45) is 6.91. The van der Waals surface area contributed by atoms with Crippen LogP contribution in [0.4, 0.5) is 0 Å². The van der Waals surface area contributed by atoms with Crippen LogP contribution < -0.4 is 0 Å². The monoisotopic (exact) mass is 197 g/mol. The van der Waals surface area contributed by atoms with Crippen LogP contribution in [0.25, 0.3) is 0 Å². The summed E-state index contributed by atoms with van der Waals surface area (Å²) in [5, 5.41) is 8.46. The third-order valence-electron chi connectivity index (χ3n) is 1.81. The number of aliphatic carboxylic acids is 1. The van der Waals surface area contributed by atoms with Gasteiger partial charge in [-0.3, -0.25) is 4.79 Å². The van der Waals surface area contributed by atoms with E-state index in [1.54, 1.807) is 0 Å². The maximum atomic E-state index is 10.3. The van der Waals surface area contributed by atoms with Crippen molar-refractivity contribution in [1.29, 1.82) is 0 Å². The first-order valence-corrected chi connectivity index (χ1v) is 4.72. The highest BCUT2D eigenvalue weighted by atomic mass is 16.5. The molecule has 2 unspecified atom stereocenters. The molecule has 2 atom stereocenters. The van der Waals surface area contributed by atoms with E-state index in [-0.39, 0.29) is 12.5 Å². The summed E-state index contributed by atoms with van der Waals surface area (Å²) in [5.41, 5.74) is 0. The quantitative estimate of drug-likeness (QED) is 0.634. The topological polar surface area (TPSA) is 46.5 Å². The Morgan fingerprint density at radius 1 is 1.64 bits per heavy atom. The smallest absolute Gasteiger partial charge is 0.303 e. The van der Waals surface area contributed by atoms with E-state index in [1.165, 1.54) is 0 Å². The number of terminal acetylenes is 1.